The maximum absolute atomic E-state index is 12.2. The molecule has 7 heteroatoms. The maximum atomic E-state index is 12.2. The van der Waals surface area contributed by atoms with Crippen LogP contribution in [0.25, 0.3) is 0 Å². The molecule has 23 heavy (non-hydrogen) atoms. The average Bonchev–Trinajstić information content (AvgIpc) is 2.54. The van der Waals surface area contributed by atoms with Crippen molar-refractivity contribution < 1.29 is 14.3 Å². The highest BCUT2D eigenvalue weighted by Crippen LogP contribution is 2.27. The molecule has 1 unspecified atom stereocenters. The van der Waals surface area contributed by atoms with Crippen molar-refractivity contribution in [1.29, 1.82) is 0 Å². The molecule has 0 aromatic heterocycles. The van der Waals surface area contributed by atoms with E-state index in [1.807, 2.05) is 0 Å². The third kappa shape index (κ3) is 5.29. The molecule has 1 atom stereocenters. The number of hydrogen-bond donors (Lipinski definition) is 1. The number of hydrogen-bond acceptors (Lipinski definition) is 3. The van der Waals surface area contributed by atoms with Crippen molar-refractivity contribution in [3.63, 3.8) is 0 Å². The van der Waals surface area contributed by atoms with E-state index >= 15 is 0 Å². The molecule has 0 radical (unpaired) electrons. The molecule has 2 rings (SSSR count). The fraction of sp³-hybridized carbons (Fsp3) is 0.500. The molecule has 2 amide bonds. The Morgan fingerprint density at radius 1 is 1.26 bits per heavy atom. The summed E-state index contributed by atoms with van der Waals surface area (Å²) in [6.45, 7) is 2.99. The van der Waals surface area contributed by atoms with Crippen LogP contribution < -0.4 is 10.1 Å². The Morgan fingerprint density at radius 2 is 1.96 bits per heavy atom. The summed E-state index contributed by atoms with van der Waals surface area (Å²) >= 11 is 11.8. The van der Waals surface area contributed by atoms with Gasteiger partial charge in [-0.1, -0.05) is 23.2 Å². The minimum Gasteiger partial charge on any atom is -0.482 e. The molecular weight excluding hydrogens is 339 g/mol. The molecule has 1 heterocycles. The Morgan fingerprint density at radius 3 is 2.61 bits per heavy atom. The van der Waals surface area contributed by atoms with Crippen LogP contribution >= 0.6 is 23.2 Å². The predicted molar refractivity (Wildman–Crippen MR) is 90.0 cm³/mol. The lowest BCUT2D eigenvalue weighted by Gasteiger charge is -2.29. The van der Waals surface area contributed by atoms with E-state index in [2.05, 4.69) is 5.32 Å². The van der Waals surface area contributed by atoms with Gasteiger partial charge in [-0.15, -0.1) is 0 Å². The van der Waals surface area contributed by atoms with Crippen LogP contribution in [0.15, 0.2) is 18.2 Å². The molecule has 0 saturated carbocycles. The molecule has 126 valence electrons. The molecular formula is C16H20Cl2N2O3. The zero-order chi connectivity index (χ0) is 16.8. The maximum Gasteiger partial charge on any atom is 0.258 e. The van der Waals surface area contributed by atoms with Crippen molar-refractivity contribution in [2.45, 2.75) is 32.2 Å². The van der Waals surface area contributed by atoms with Gasteiger partial charge in [0.2, 0.25) is 5.91 Å². The quantitative estimate of drug-likeness (QED) is 0.880. The molecule has 5 nitrogen and oxygen atoms in total. The number of piperidine rings is 1. The van der Waals surface area contributed by atoms with Crippen LogP contribution in [0.4, 0.5) is 0 Å². The Balaban J connectivity index is 1.80. The molecule has 1 N–H and O–H groups in total. The second kappa shape index (κ2) is 8.41. The number of ether oxygens (including phenoxy) is 1. The van der Waals surface area contributed by atoms with Gasteiger partial charge in [0.05, 0.1) is 5.02 Å². The minimum atomic E-state index is -0.565. The van der Waals surface area contributed by atoms with Gasteiger partial charge in [-0.2, -0.15) is 0 Å². The summed E-state index contributed by atoms with van der Waals surface area (Å²) in [6, 6.07) is 4.20. The Kier molecular flexibility index (Phi) is 6.54. The van der Waals surface area contributed by atoms with E-state index in [4.69, 9.17) is 27.9 Å². The first-order valence-corrected chi connectivity index (χ1v) is 8.39. The van der Waals surface area contributed by atoms with Crippen LogP contribution in [-0.2, 0) is 9.59 Å². The number of carbonyl (C=O) groups excluding carboxylic acids is 2. The van der Waals surface area contributed by atoms with Crippen LogP contribution in [0.2, 0.25) is 10.0 Å². The first-order chi connectivity index (χ1) is 11.0. The van der Waals surface area contributed by atoms with Gasteiger partial charge in [0.25, 0.3) is 5.91 Å². The highest BCUT2D eigenvalue weighted by Gasteiger charge is 2.23. The normalized spacial score (nSPS) is 15.9. The number of nitrogens with zero attached hydrogens (tertiary/aromatic N) is 1. The molecule has 0 spiro atoms. The van der Waals surface area contributed by atoms with E-state index in [0.717, 1.165) is 32.4 Å². The van der Waals surface area contributed by atoms with E-state index in [0.29, 0.717) is 15.8 Å². The molecule has 1 aromatic rings. The smallest absolute Gasteiger partial charge is 0.258 e. The van der Waals surface area contributed by atoms with Gasteiger partial charge in [-0.25, -0.2) is 0 Å². The molecule has 1 aliphatic rings. The average molecular weight is 359 g/mol. The van der Waals surface area contributed by atoms with Crippen LogP contribution in [0.3, 0.4) is 0 Å². The third-order valence-corrected chi connectivity index (χ3v) is 4.20. The number of nitrogens with one attached hydrogen (secondary N) is 1. The molecule has 1 saturated heterocycles. The van der Waals surface area contributed by atoms with Crippen LogP contribution in [0, 0.1) is 0 Å². The first-order valence-electron chi connectivity index (χ1n) is 7.63. The number of likely N-dealkylation sites (tertiary alicyclic amines) is 1. The van der Waals surface area contributed by atoms with Crippen molar-refractivity contribution in [1.82, 2.24) is 10.2 Å². The van der Waals surface area contributed by atoms with Gasteiger partial charge < -0.3 is 15.0 Å². The predicted octanol–water partition coefficient (Wildman–Crippen LogP) is 2.89. The third-order valence-electron chi connectivity index (χ3n) is 3.67. The van der Waals surface area contributed by atoms with Crippen molar-refractivity contribution in [3.8, 4) is 5.75 Å². The lowest BCUT2D eigenvalue weighted by molar-refractivity contribution is -0.137. The zero-order valence-electron chi connectivity index (χ0n) is 13.0. The SMILES string of the molecule is CC(NC(=O)COc1ccc(Cl)cc1Cl)C(=O)N1CCCCC1. The molecule has 0 aliphatic carbocycles. The lowest BCUT2D eigenvalue weighted by atomic mass is 10.1. The largest absolute Gasteiger partial charge is 0.482 e. The van der Waals surface area contributed by atoms with Gasteiger partial charge in [0.15, 0.2) is 6.61 Å². The summed E-state index contributed by atoms with van der Waals surface area (Å²) in [5.41, 5.74) is 0. The number of rotatable bonds is 5. The van der Waals surface area contributed by atoms with Crippen molar-refractivity contribution in [3.05, 3.63) is 28.2 Å². The van der Waals surface area contributed by atoms with Gasteiger partial charge >= 0.3 is 0 Å². The molecule has 1 aliphatic heterocycles. The minimum absolute atomic E-state index is 0.0532. The topological polar surface area (TPSA) is 58.6 Å². The van der Waals surface area contributed by atoms with Crippen molar-refractivity contribution in [2.24, 2.45) is 0 Å². The fourth-order valence-electron chi connectivity index (χ4n) is 2.47. The number of halogens is 2. The van der Waals surface area contributed by atoms with E-state index < -0.39 is 6.04 Å². The number of carbonyl (C=O) groups is 2. The van der Waals surface area contributed by atoms with Gasteiger partial charge in [0, 0.05) is 18.1 Å². The van der Waals surface area contributed by atoms with Gasteiger partial charge in [-0.05, 0) is 44.4 Å². The van der Waals surface area contributed by atoms with E-state index in [-0.39, 0.29) is 18.4 Å². The Bertz CT molecular complexity index is 574. The van der Waals surface area contributed by atoms with Crippen molar-refractivity contribution in [2.75, 3.05) is 19.7 Å². The molecule has 1 aromatic carbocycles. The van der Waals surface area contributed by atoms with Crippen LogP contribution in [-0.4, -0.2) is 42.5 Å². The van der Waals surface area contributed by atoms with E-state index in [1.165, 1.54) is 0 Å². The second-order valence-corrected chi connectivity index (χ2v) is 6.38. The summed E-state index contributed by atoms with van der Waals surface area (Å²) in [6.07, 6.45) is 3.19. The monoisotopic (exact) mass is 358 g/mol. The number of amides is 2. The van der Waals surface area contributed by atoms with Crippen LogP contribution in [0.5, 0.6) is 5.75 Å². The summed E-state index contributed by atoms with van der Waals surface area (Å²) in [4.78, 5) is 25.9. The fourth-order valence-corrected chi connectivity index (χ4v) is 2.93. The summed E-state index contributed by atoms with van der Waals surface area (Å²) in [5.74, 6) is -0.0438. The van der Waals surface area contributed by atoms with Gasteiger partial charge in [0.1, 0.15) is 11.8 Å². The van der Waals surface area contributed by atoms with Crippen LogP contribution in [0.1, 0.15) is 26.2 Å². The zero-order valence-corrected chi connectivity index (χ0v) is 14.5. The first kappa shape index (κ1) is 17.9. The summed E-state index contributed by atoms with van der Waals surface area (Å²) < 4.78 is 5.35. The second-order valence-electron chi connectivity index (χ2n) is 5.54. The standard InChI is InChI=1S/C16H20Cl2N2O3/c1-11(16(22)20-7-3-2-4-8-20)19-15(21)10-23-14-6-5-12(17)9-13(14)18/h5-6,9,11H,2-4,7-8,10H2,1H3,(H,19,21). The van der Waals surface area contributed by atoms with E-state index in [1.54, 1.807) is 30.0 Å². The highest BCUT2D eigenvalue weighted by atomic mass is 35.5. The summed E-state index contributed by atoms with van der Waals surface area (Å²) in [5, 5.41) is 3.48. The molecule has 0 bridgehead atoms. The Labute approximate surface area is 145 Å². The summed E-state index contributed by atoms with van der Waals surface area (Å²) in [7, 11) is 0. The van der Waals surface area contributed by atoms with E-state index in [9.17, 15) is 9.59 Å². The van der Waals surface area contributed by atoms with Crippen molar-refractivity contribution >= 4 is 35.0 Å². The molecule has 1 fully saturated rings. The lowest BCUT2D eigenvalue weighted by Crippen LogP contribution is -2.49. The van der Waals surface area contributed by atoms with Gasteiger partial charge in [-0.3, -0.25) is 9.59 Å². The number of benzene rings is 1. The Hall–Kier alpha value is -1.46. The highest BCUT2D eigenvalue weighted by molar-refractivity contribution is 6.35.